The van der Waals surface area contributed by atoms with Crippen LogP contribution in [0.1, 0.15) is 50.2 Å². The third-order valence-electron chi connectivity index (χ3n) is 7.42. The molecule has 4 bridgehead atoms. The van der Waals surface area contributed by atoms with Crippen LogP contribution in [0.3, 0.4) is 0 Å². The minimum Gasteiger partial charge on any atom is -0.469 e. The summed E-state index contributed by atoms with van der Waals surface area (Å²) in [6, 6.07) is 8.37. The van der Waals surface area contributed by atoms with E-state index < -0.39 is 0 Å². The summed E-state index contributed by atoms with van der Waals surface area (Å²) in [5.41, 5.74) is 2.20. The predicted octanol–water partition coefficient (Wildman–Crippen LogP) is 3.89. The lowest BCUT2D eigenvalue weighted by Gasteiger charge is -2.58. The zero-order chi connectivity index (χ0) is 17.3. The van der Waals surface area contributed by atoms with Crippen LogP contribution in [-0.2, 0) is 14.3 Å². The van der Waals surface area contributed by atoms with E-state index in [1.807, 2.05) is 6.07 Å². The molecule has 0 spiro atoms. The third-order valence-corrected chi connectivity index (χ3v) is 7.42. The second-order valence-corrected chi connectivity index (χ2v) is 8.73. The number of ether oxygens (including phenoxy) is 1. The van der Waals surface area contributed by atoms with Crippen molar-refractivity contribution in [1.82, 2.24) is 0 Å². The van der Waals surface area contributed by atoms with Crippen LogP contribution < -0.4 is 0 Å². The van der Waals surface area contributed by atoms with Gasteiger partial charge in [-0.2, -0.15) is 0 Å². The molecule has 1 aromatic carbocycles. The van der Waals surface area contributed by atoms with Gasteiger partial charge < -0.3 is 4.74 Å². The van der Waals surface area contributed by atoms with Gasteiger partial charge in [-0.1, -0.05) is 38.1 Å². The van der Waals surface area contributed by atoms with Gasteiger partial charge in [-0.25, -0.2) is 0 Å². The van der Waals surface area contributed by atoms with Gasteiger partial charge in [0.1, 0.15) is 5.78 Å². The van der Waals surface area contributed by atoms with Crippen LogP contribution in [0.5, 0.6) is 0 Å². The number of carbonyl (C=O) groups is 2. The largest absolute Gasteiger partial charge is 0.469 e. The van der Waals surface area contributed by atoms with E-state index in [9.17, 15) is 9.59 Å². The topological polar surface area (TPSA) is 43.4 Å². The number of hydrogen-bond donors (Lipinski definition) is 0. The van der Waals surface area contributed by atoms with Gasteiger partial charge in [0, 0.05) is 17.8 Å². The monoisotopic (exact) mass is 326 g/mol. The maximum Gasteiger partial charge on any atom is 0.308 e. The number of aryl methyl sites for hydroxylation is 1. The SMILES string of the molecule is COC(=O)[C@H]1C[C@]2(C)C[C@@]3(C)C(=O)C[C@@H]2[C@@H]1[C@@H]3c1ccccc1C. The number of hydrogen-bond acceptors (Lipinski definition) is 3. The van der Waals surface area contributed by atoms with E-state index >= 15 is 0 Å². The summed E-state index contributed by atoms with van der Waals surface area (Å²) >= 11 is 0. The predicted molar refractivity (Wildman–Crippen MR) is 91.5 cm³/mol. The van der Waals surface area contributed by atoms with E-state index in [0.717, 1.165) is 12.8 Å². The van der Waals surface area contributed by atoms with Gasteiger partial charge in [0.25, 0.3) is 0 Å². The third kappa shape index (κ3) is 1.84. The number of ketones is 1. The van der Waals surface area contributed by atoms with Crippen LogP contribution in [0.15, 0.2) is 24.3 Å². The van der Waals surface area contributed by atoms with E-state index in [1.165, 1.54) is 18.2 Å². The molecule has 128 valence electrons. The van der Waals surface area contributed by atoms with Crippen molar-refractivity contribution in [3.8, 4) is 0 Å². The van der Waals surface area contributed by atoms with Crippen molar-refractivity contribution in [1.29, 1.82) is 0 Å². The van der Waals surface area contributed by atoms with Crippen molar-refractivity contribution in [2.75, 3.05) is 7.11 Å². The maximum absolute atomic E-state index is 13.0. The first-order chi connectivity index (χ1) is 11.3. The Morgan fingerprint density at radius 3 is 2.62 bits per heavy atom. The molecule has 0 N–H and O–H groups in total. The zero-order valence-corrected chi connectivity index (χ0v) is 15.0. The highest BCUT2D eigenvalue weighted by molar-refractivity contribution is 5.89. The van der Waals surface area contributed by atoms with Crippen molar-refractivity contribution in [3.63, 3.8) is 0 Å². The molecule has 0 heterocycles. The van der Waals surface area contributed by atoms with Crippen molar-refractivity contribution < 1.29 is 14.3 Å². The Balaban J connectivity index is 1.90. The highest BCUT2D eigenvalue weighted by Crippen LogP contribution is 2.73. The fourth-order valence-corrected chi connectivity index (χ4v) is 6.54. The number of carbonyl (C=O) groups excluding carboxylic acids is 2. The summed E-state index contributed by atoms with van der Waals surface area (Å²) in [6.07, 6.45) is 2.39. The normalized spacial score (nSPS) is 43.1. The van der Waals surface area contributed by atoms with Crippen molar-refractivity contribution >= 4 is 11.8 Å². The first kappa shape index (κ1) is 15.9. The van der Waals surface area contributed by atoms with Crippen molar-refractivity contribution in [2.45, 2.75) is 46.0 Å². The molecule has 4 aliphatic carbocycles. The summed E-state index contributed by atoms with van der Waals surface area (Å²) in [4.78, 5) is 25.5. The van der Waals surface area contributed by atoms with Gasteiger partial charge in [0.2, 0.25) is 0 Å². The molecule has 24 heavy (non-hydrogen) atoms. The molecule has 4 aliphatic rings. The average Bonchev–Trinajstić information content (AvgIpc) is 2.76. The number of methoxy groups -OCH3 is 1. The second kappa shape index (κ2) is 4.93. The average molecular weight is 326 g/mol. The lowest BCUT2D eigenvalue weighted by molar-refractivity contribution is -0.156. The molecule has 3 nitrogen and oxygen atoms in total. The fourth-order valence-electron chi connectivity index (χ4n) is 6.54. The minimum absolute atomic E-state index is 0.0791. The smallest absolute Gasteiger partial charge is 0.308 e. The van der Waals surface area contributed by atoms with Crippen molar-refractivity contribution in [3.05, 3.63) is 35.4 Å². The highest BCUT2D eigenvalue weighted by atomic mass is 16.5. The van der Waals surface area contributed by atoms with E-state index in [4.69, 9.17) is 4.74 Å². The summed E-state index contributed by atoms with van der Waals surface area (Å²) in [5, 5.41) is 0. The van der Waals surface area contributed by atoms with E-state index in [1.54, 1.807) is 0 Å². The molecule has 3 heteroatoms. The number of rotatable bonds is 2. The molecular weight excluding hydrogens is 300 g/mol. The lowest BCUT2D eigenvalue weighted by Crippen LogP contribution is -2.56. The van der Waals surface area contributed by atoms with Crippen LogP contribution in [0.25, 0.3) is 0 Å². The molecular formula is C21H26O3. The fraction of sp³-hybridized carbons (Fsp3) is 0.619. The number of fused-ring (bicyclic) bond motifs is 1. The molecule has 0 saturated heterocycles. The standard InChI is InChI=1S/C21H26O3/c1-12-7-5-6-8-13(12)18-17-14(19(23)24-4)10-20(2)11-21(18,3)16(22)9-15(17)20/h5-8,14-15,17-18H,9-11H2,1-4H3/t14-,15+,17+,18-,20+,21-/m0/s1. The van der Waals surface area contributed by atoms with Gasteiger partial charge in [-0.15, -0.1) is 0 Å². The lowest BCUT2D eigenvalue weighted by atomic mass is 9.44. The summed E-state index contributed by atoms with van der Waals surface area (Å²) in [6.45, 7) is 6.55. The molecule has 5 rings (SSSR count). The minimum atomic E-state index is -0.358. The van der Waals surface area contributed by atoms with Crippen LogP contribution in [-0.4, -0.2) is 18.9 Å². The Bertz CT molecular complexity index is 724. The molecule has 0 radical (unpaired) electrons. The van der Waals surface area contributed by atoms with Crippen LogP contribution in [0.2, 0.25) is 0 Å². The molecule has 0 unspecified atom stereocenters. The Hall–Kier alpha value is -1.64. The van der Waals surface area contributed by atoms with Crippen molar-refractivity contribution in [2.24, 2.45) is 28.6 Å². The van der Waals surface area contributed by atoms with E-state index in [-0.39, 0.29) is 34.6 Å². The Morgan fingerprint density at radius 2 is 1.96 bits per heavy atom. The first-order valence-corrected chi connectivity index (χ1v) is 8.98. The zero-order valence-electron chi connectivity index (χ0n) is 15.0. The Kier molecular flexibility index (Phi) is 3.26. The van der Waals surface area contributed by atoms with Gasteiger partial charge in [-0.05, 0) is 48.1 Å². The number of benzene rings is 1. The molecule has 6 atom stereocenters. The number of esters is 1. The Labute approximate surface area is 143 Å². The molecule has 0 aliphatic heterocycles. The summed E-state index contributed by atoms with van der Waals surface area (Å²) in [7, 11) is 1.49. The molecule has 4 fully saturated rings. The van der Waals surface area contributed by atoms with Gasteiger partial charge in [-0.3, -0.25) is 9.59 Å². The van der Waals surface area contributed by atoms with Gasteiger partial charge in [0.05, 0.1) is 13.0 Å². The number of Topliss-reactive ketones (excluding diaryl/α,β-unsaturated/α-hetero) is 1. The van der Waals surface area contributed by atoms with Crippen LogP contribution in [0, 0.1) is 35.5 Å². The van der Waals surface area contributed by atoms with E-state index in [0.29, 0.717) is 18.1 Å². The highest BCUT2D eigenvalue weighted by Gasteiger charge is 2.70. The van der Waals surface area contributed by atoms with E-state index in [2.05, 4.69) is 39.0 Å². The second-order valence-electron chi connectivity index (χ2n) is 8.73. The van der Waals surface area contributed by atoms with Crippen LogP contribution in [0.4, 0.5) is 0 Å². The van der Waals surface area contributed by atoms with Gasteiger partial charge >= 0.3 is 5.97 Å². The Morgan fingerprint density at radius 1 is 1.25 bits per heavy atom. The molecule has 1 aromatic rings. The molecule has 4 saturated carbocycles. The maximum atomic E-state index is 13.0. The molecule has 0 aromatic heterocycles. The van der Waals surface area contributed by atoms with Gasteiger partial charge in [0.15, 0.2) is 0 Å². The first-order valence-electron chi connectivity index (χ1n) is 8.98. The summed E-state index contributed by atoms with van der Waals surface area (Å²) in [5.74, 6) is 0.876. The quantitative estimate of drug-likeness (QED) is 0.774. The molecule has 0 amide bonds. The van der Waals surface area contributed by atoms with Crippen LogP contribution >= 0.6 is 0 Å². The summed E-state index contributed by atoms with van der Waals surface area (Å²) < 4.78 is 5.15.